The summed E-state index contributed by atoms with van der Waals surface area (Å²) in [6, 6.07) is 18.2. The van der Waals surface area contributed by atoms with Gasteiger partial charge in [0.15, 0.2) is 0 Å². The Bertz CT molecular complexity index is 897. The first-order chi connectivity index (χ1) is 13.8. The van der Waals surface area contributed by atoms with E-state index in [-0.39, 0.29) is 11.9 Å². The summed E-state index contributed by atoms with van der Waals surface area (Å²) >= 11 is 0. The Morgan fingerprint density at radius 3 is 2.50 bits per heavy atom. The van der Waals surface area contributed by atoms with Crippen LogP contribution in [0.3, 0.4) is 0 Å². The highest BCUT2D eigenvalue weighted by Gasteiger charge is 2.21. The average Bonchev–Trinajstić information content (AvgIpc) is 2.76. The molecule has 2 heterocycles. The normalized spacial score (nSPS) is 17.2. The number of amides is 1. The second-order valence-electron chi connectivity index (χ2n) is 7.24. The summed E-state index contributed by atoms with van der Waals surface area (Å²) in [4.78, 5) is 23.0. The topological polar surface area (TPSA) is 58.1 Å². The zero-order valence-corrected chi connectivity index (χ0v) is 15.8. The molecular weight excluding hydrogens is 348 g/mol. The van der Waals surface area contributed by atoms with Crippen molar-refractivity contribution >= 4 is 5.91 Å². The number of nitrogens with one attached hydrogen (secondary N) is 1. The Kier molecular flexibility index (Phi) is 5.73. The first kappa shape index (κ1) is 18.3. The summed E-state index contributed by atoms with van der Waals surface area (Å²) in [6.07, 6.45) is 7.32. The second kappa shape index (κ2) is 8.76. The van der Waals surface area contributed by atoms with E-state index in [4.69, 9.17) is 0 Å². The molecule has 1 aromatic heterocycles. The maximum absolute atomic E-state index is 12.4. The summed E-state index contributed by atoms with van der Waals surface area (Å²) in [5.74, 6) is 0.0156. The van der Waals surface area contributed by atoms with Crippen LogP contribution in [0.15, 0.2) is 73.3 Å². The molecule has 1 saturated heterocycles. The van der Waals surface area contributed by atoms with Crippen LogP contribution in [0.1, 0.15) is 28.8 Å². The third-order valence-corrected chi connectivity index (χ3v) is 5.13. The molecule has 1 unspecified atom stereocenters. The lowest BCUT2D eigenvalue weighted by Gasteiger charge is -2.33. The molecule has 1 atom stereocenters. The van der Waals surface area contributed by atoms with Gasteiger partial charge in [0.1, 0.15) is 6.33 Å². The number of carbonyl (C=O) groups excluding carboxylic acids is 1. The van der Waals surface area contributed by atoms with Gasteiger partial charge in [-0.15, -0.1) is 0 Å². The van der Waals surface area contributed by atoms with Gasteiger partial charge in [0.05, 0.1) is 0 Å². The summed E-state index contributed by atoms with van der Waals surface area (Å²) < 4.78 is 0. The predicted molar refractivity (Wildman–Crippen MR) is 110 cm³/mol. The Morgan fingerprint density at radius 1 is 1.00 bits per heavy atom. The molecule has 5 nitrogen and oxygen atoms in total. The Hall–Kier alpha value is -3.05. The van der Waals surface area contributed by atoms with E-state index in [2.05, 4.69) is 44.5 Å². The maximum atomic E-state index is 12.4. The minimum absolute atomic E-state index is 0.0156. The zero-order chi connectivity index (χ0) is 19.2. The number of aromatic nitrogens is 2. The van der Waals surface area contributed by atoms with Gasteiger partial charge in [0.2, 0.25) is 0 Å². The van der Waals surface area contributed by atoms with Crippen LogP contribution in [0.5, 0.6) is 0 Å². The second-order valence-corrected chi connectivity index (χ2v) is 7.24. The molecule has 1 fully saturated rings. The van der Waals surface area contributed by atoms with Crippen molar-refractivity contribution in [3.8, 4) is 11.1 Å². The molecule has 1 aliphatic rings. The van der Waals surface area contributed by atoms with Crippen LogP contribution in [0.4, 0.5) is 0 Å². The third-order valence-electron chi connectivity index (χ3n) is 5.13. The van der Waals surface area contributed by atoms with E-state index < -0.39 is 0 Å². The van der Waals surface area contributed by atoms with Crippen molar-refractivity contribution in [2.75, 3.05) is 13.1 Å². The van der Waals surface area contributed by atoms with Gasteiger partial charge in [-0.3, -0.25) is 9.69 Å². The molecule has 28 heavy (non-hydrogen) atoms. The molecule has 1 N–H and O–H groups in total. The number of carbonyl (C=O) groups is 1. The lowest BCUT2D eigenvalue weighted by molar-refractivity contribution is 0.0901. The summed E-state index contributed by atoms with van der Waals surface area (Å²) in [5, 5.41) is 3.19. The molecule has 4 rings (SSSR count). The molecule has 142 valence electrons. The van der Waals surface area contributed by atoms with Crippen LogP contribution in [-0.2, 0) is 6.54 Å². The summed E-state index contributed by atoms with van der Waals surface area (Å²) in [7, 11) is 0. The number of nitrogens with zero attached hydrogens (tertiary/aromatic N) is 3. The summed E-state index contributed by atoms with van der Waals surface area (Å²) in [6.45, 7) is 2.84. The number of rotatable bonds is 5. The van der Waals surface area contributed by atoms with Gasteiger partial charge in [-0.25, -0.2) is 9.97 Å². The fraction of sp³-hybridized carbons (Fsp3) is 0.261. The molecule has 0 bridgehead atoms. The van der Waals surface area contributed by atoms with E-state index in [1.807, 2.05) is 42.7 Å². The van der Waals surface area contributed by atoms with E-state index in [0.717, 1.165) is 49.2 Å². The lowest BCUT2D eigenvalue weighted by Crippen LogP contribution is -2.47. The van der Waals surface area contributed by atoms with Gasteiger partial charge in [-0.2, -0.15) is 0 Å². The fourth-order valence-corrected chi connectivity index (χ4v) is 3.68. The maximum Gasteiger partial charge on any atom is 0.251 e. The van der Waals surface area contributed by atoms with Crippen molar-refractivity contribution in [1.82, 2.24) is 20.2 Å². The molecular formula is C23H24N4O. The van der Waals surface area contributed by atoms with E-state index in [1.165, 1.54) is 5.56 Å². The van der Waals surface area contributed by atoms with Crippen LogP contribution in [-0.4, -0.2) is 39.9 Å². The predicted octanol–water partition coefficient (Wildman–Crippen LogP) is 3.54. The van der Waals surface area contributed by atoms with Gasteiger partial charge < -0.3 is 5.32 Å². The van der Waals surface area contributed by atoms with Crippen LogP contribution in [0.25, 0.3) is 11.1 Å². The van der Waals surface area contributed by atoms with Crippen molar-refractivity contribution in [1.29, 1.82) is 0 Å². The van der Waals surface area contributed by atoms with E-state index in [9.17, 15) is 4.79 Å². The third kappa shape index (κ3) is 4.61. The van der Waals surface area contributed by atoms with Gasteiger partial charge >= 0.3 is 0 Å². The Morgan fingerprint density at radius 2 is 1.75 bits per heavy atom. The monoisotopic (exact) mass is 372 g/mol. The van der Waals surface area contributed by atoms with Crippen molar-refractivity contribution in [2.45, 2.75) is 25.4 Å². The molecule has 1 amide bonds. The van der Waals surface area contributed by atoms with Crippen LogP contribution in [0, 0.1) is 0 Å². The highest BCUT2D eigenvalue weighted by Crippen LogP contribution is 2.20. The molecule has 0 aliphatic carbocycles. The zero-order valence-electron chi connectivity index (χ0n) is 15.8. The van der Waals surface area contributed by atoms with E-state index in [0.29, 0.717) is 0 Å². The molecule has 2 aromatic carbocycles. The van der Waals surface area contributed by atoms with Crippen molar-refractivity contribution in [3.63, 3.8) is 0 Å². The first-order valence-corrected chi connectivity index (χ1v) is 9.70. The quantitative estimate of drug-likeness (QED) is 0.744. The number of benzene rings is 2. The number of hydrogen-bond donors (Lipinski definition) is 1. The highest BCUT2D eigenvalue weighted by atomic mass is 16.1. The molecule has 0 saturated carbocycles. The number of piperidine rings is 1. The SMILES string of the molecule is O=C(NC1CCCN(Cc2ccc(-c3cncnc3)cc2)C1)c1ccccc1. The minimum atomic E-state index is 0.0156. The van der Waals surface area contributed by atoms with Crippen LogP contribution < -0.4 is 5.32 Å². The molecule has 1 aliphatic heterocycles. The van der Waals surface area contributed by atoms with Crippen LogP contribution >= 0.6 is 0 Å². The standard InChI is InChI=1S/C23H24N4O/c28-23(20-5-2-1-3-6-20)26-22-7-4-12-27(16-22)15-18-8-10-19(11-9-18)21-13-24-17-25-14-21/h1-3,5-6,8-11,13-14,17,22H,4,7,12,15-16H2,(H,26,28). The van der Waals surface area contributed by atoms with Crippen molar-refractivity contribution < 1.29 is 4.79 Å². The average molecular weight is 372 g/mol. The van der Waals surface area contributed by atoms with Gasteiger partial charge in [-0.1, -0.05) is 42.5 Å². The van der Waals surface area contributed by atoms with Gasteiger partial charge in [-0.05, 0) is 42.6 Å². The number of likely N-dealkylation sites (tertiary alicyclic amines) is 1. The molecule has 0 spiro atoms. The smallest absolute Gasteiger partial charge is 0.251 e. The van der Waals surface area contributed by atoms with Crippen LogP contribution in [0.2, 0.25) is 0 Å². The largest absolute Gasteiger partial charge is 0.348 e. The Labute approximate surface area is 165 Å². The molecule has 5 heteroatoms. The van der Waals surface area contributed by atoms with Crippen molar-refractivity contribution in [3.05, 3.63) is 84.4 Å². The summed E-state index contributed by atoms with van der Waals surface area (Å²) in [5.41, 5.74) is 4.14. The highest BCUT2D eigenvalue weighted by molar-refractivity contribution is 5.94. The van der Waals surface area contributed by atoms with E-state index >= 15 is 0 Å². The van der Waals surface area contributed by atoms with Gasteiger partial charge in [0, 0.05) is 42.7 Å². The van der Waals surface area contributed by atoms with Crippen molar-refractivity contribution in [2.24, 2.45) is 0 Å². The molecule has 3 aromatic rings. The first-order valence-electron chi connectivity index (χ1n) is 9.70. The lowest BCUT2D eigenvalue weighted by atomic mass is 10.0. The molecule has 0 radical (unpaired) electrons. The van der Waals surface area contributed by atoms with E-state index in [1.54, 1.807) is 6.33 Å². The Balaban J connectivity index is 1.34. The fourth-order valence-electron chi connectivity index (χ4n) is 3.68. The number of hydrogen-bond acceptors (Lipinski definition) is 4. The van der Waals surface area contributed by atoms with Gasteiger partial charge in [0.25, 0.3) is 5.91 Å². The minimum Gasteiger partial charge on any atom is -0.348 e.